The molecule has 2 aromatic rings. The lowest BCUT2D eigenvalue weighted by Gasteiger charge is -2.28. The molecule has 1 fully saturated rings. The van der Waals surface area contributed by atoms with Crippen LogP contribution in [0, 0.1) is 5.82 Å². The highest BCUT2D eigenvalue weighted by Crippen LogP contribution is 2.28. The first-order valence-corrected chi connectivity index (χ1v) is 8.69. The molecule has 3 rings (SSSR count). The zero-order valence-corrected chi connectivity index (χ0v) is 14.4. The molecule has 1 aliphatic rings. The van der Waals surface area contributed by atoms with E-state index >= 15 is 0 Å². The summed E-state index contributed by atoms with van der Waals surface area (Å²) in [5.41, 5.74) is 1.44. The van der Waals surface area contributed by atoms with E-state index in [1.54, 1.807) is 24.2 Å². The van der Waals surface area contributed by atoms with Gasteiger partial charge in [0, 0.05) is 26.3 Å². The Kier molecular flexibility index (Phi) is 5.76. The van der Waals surface area contributed by atoms with E-state index in [-0.39, 0.29) is 17.8 Å². The number of aromatic nitrogens is 1. The normalized spacial score (nSPS) is 18.1. The van der Waals surface area contributed by atoms with Gasteiger partial charge in [-0.1, -0.05) is 18.2 Å². The first-order chi connectivity index (χ1) is 12.1. The highest BCUT2D eigenvalue weighted by molar-refractivity contribution is 5.77. The summed E-state index contributed by atoms with van der Waals surface area (Å²) < 4.78 is 19.3. The summed E-state index contributed by atoms with van der Waals surface area (Å²) in [6.45, 7) is 0.786. The molecule has 1 saturated heterocycles. The van der Waals surface area contributed by atoms with Crippen LogP contribution in [-0.2, 0) is 9.53 Å². The number of rotatable bonds is 6. The van der Waals surface area contributed by atoms with Gasteiger partial charge in [-0.05, 0) is 49.1 Å². The fourth-order valence-corrected chi connectivity index (χ4v) is 3.28. The third-order valence-corrected chi connectivity index (χ3v) is 4.62. The van der Waals surface area contributed by atoms with Gasteiger partial charge in [-0.2, -0.15) is 0 Å². The summed E-state index contributed by atoms with van der Waals surface area (Å²) in [6, 6.07) is 11.5. The Bertz CT molecular complexity index is 702. The summed E-state index contributed by atoms with van der Waals surface area (Å²) in [6.07, 6.45) is 5.09. The van der Waals surface area contributed by atoms with Gasteiger partial charge in [0.25, 0.3) is 0 Å². The second-order valence-electron chi connectivity index (χ2n) is 6.39. The monoisotopic (exact) mass is 342 g/mol. The molecule has 2 atom stereocenters. The molecule has 0 radical (unpaired) electrons. The molecular weight excluding hydrogens is 319 g/mol. The molecular formula is C20H23FN2O2. The van der Waals surface area contributed by atoms with Crippen molar-refractivity contribution in [2.24, 2.45) is 0 Å². The molecule has 1 amide bonds. The van der Waals surface area contributed by atoms with Crippen molar-refractivity contribution in [3.8, 4) is 0 Å². The van der Waals surface area contributed by atoms with E-state index in [0.29, 0.717) is 12.0 Å². The van der Waals surface area contributed by atoms with Crippen LogP contribution in [0.5, 0.6) is 0 Å². The maximum Gasteiger partial charge on any atom is 0.223 e. The van der Waals surface area contributed by atoms with Crippen molar-refractivity contribution in [1.82, 2.24) is 9.88 Å². The van der Waals surface area contributed by atoms with Gasteiger partial charge in [0.15, 0.2) is 0 Å². The number of amides is 1. The first kappa shape index (κ1) is 17.5. The van der Waals surface area contributed by atoms with Gasteiger partial charge in [0.1, 0.15) is 5.82 Å². The standard InChI is InChI=1S/C20H23FN2O2/c1-23(19(24)11-10-17-8-5-13-25-17)20(18-9-2-3-12-22-18)15-6-4-7-16(21)14-15/h2-4,6-7,9,12,14,17,20H,5,8,10-11,13H2,1H3/t17-,20+/m0/s1. The fraction of sp³-hybridized carbons (Fsp3) is 0.400. The molecule has 2 heterocycles. The lowest BCUT2D eigenvalue weighted by atomic mass is 10.0. The Morgan fingerprint density at radius 2 is 2.24 bits per heavy atom. The van der Waals surface area contributed by atoms with E-state index in [2.05, 4.69) is 4.98 Å². The third kappa shape index (κ3) is 4.42. The fourth-order valence-electron chi connectivity index (χ4n) is 3.28. The van der Waals surface area contributed by atoms with Crippen molar-refractivity contribution in [2.75, 3.05) is 13.7 Å². The number of carbonyl (C=O) groups is 1. The van der Waals surface area contributed by atoms with Gasteiger partial charge < -0.3 is 9.64 Å². The van der Waals surface area contributed by atoms with Gasteiger partial charge in [0.05, 0.1) is 17.8 Å². The lowest BCUT2D eigenvalue weighted by Crippen LogP contribution is -2.33. The van der Waals surface area contributed by atoms with Gasteiger partial charge >= 0.3 is 0 Å². The number of carbonyl (C=O) groups excluding carboxylic acids is 1. The zero-order chi connectivity index (χ0) is 17.6. The summed E-state index contributed by atoms with van der Waals surface area (Å²) in [4.78, 5) is 18.8. The van der Waals surface area contributed by atoms with Gasteiger partial charge in [-0.3, -0.25) is 9.78 Å². The lowest BCUT2D eigenvalue weighted by molar-refractivity contribution is -0.132. The third-order valence-electron chi connectivity index (χ3n) is 4.62. The second-order valence-corrected chi connectivity index (χ2v) is 6.39. The minimum absolute atomic E-state index is 0.00964. The van der Waals surface area contributed by atoms with E-state index in [0.717, 1.165) is 31.6 Å². The maximum absolute atomic E-state index is 13.7. The number of benzene rings is 1. The Morgan fingerprint density at radius 1 is 1.36 bits per heavy atom. The summed E-state index contributed by atoms with van der Waals surface area (Å²) >= 11 is 0. The highest BCUT2D eigenvalue weighted by atomic mass is 19.1. The van der Waals surface area contributed by atoms with E-state index in [1.807, 2.05) is 24.3 Å². The molecule has 0 unspecified atom stereocenters. The topological polar surface area (TPSA) is 42.4 Å². The number of ether oxygens (including phenoxy) is 1. The SMILES string of the molecule is CN(C(=O)CC[C@@H]1CCCO1)[C@H](c1cccc(F)c1)c1ccccn1. The van der Waals surface area contributed by atoms with E-state index < -0.39 is 6.04 Å². The molecule has 25 heavy (non-hydrogen) atoms. The number of halogens is 1. The molecule has 5 heteroatoms. The van der Waals surface area contributed by atoms with Crippen LogP contribution >= 0.6 is 0 Å². The molecule has 0 aliphatic carbocycles. The Balaban J connectivity index is 1.79. The van der Waals surface area contributed by atoms with Crippen LogP contribution in [-0.4, -0.2) is 35.5 Å². The molecule has 132 valence electrons. The van der Waals surface area contributed by atoms with Crippen LogP contribution < -0.4 is 0 Å². The van der Waals surface area contributed by atoms with Crippen LogP contribution in [0.1, 0.15) is 43.0 Å². The predicted molar refractivity (Wildman–Crippen MR) is 93.5 cm³/mol. The van der Waals surface area contributed by atoms with E-state index in [9.17, 15) is 9.18 Å². The van der Waals surface area contributed by atoms with Crippen LogP contribution in [0.15, 0.2) is 48.7 Å². The smallest absolute Gasteiger partial charge is 0.223 e. The molecule has 1 aromatic carbocycles. The maximum atomic E-state index is 13.7. The van der Waals surface area contributed by atoms with Crippen molar-refractivity contribution in [3.05, 3.63) is 65.7 Å². The van der Waals surface area contributed by atoms with Crippen LogP contribution in [0.2, 0.25) is 0 Å². The van der Waals surface area contributed by atoms with Crippen LogP contribution in [0.3, 0.4) is 0 Å². The van der Waals surface area contributed by atoms with Crippen molar-refractivity contribution in [1.29, 1.82) is 0 Å². The molecule has 0 N–H and O–H groups in total. The Labute approximate surface area is 147 Å². The average Bonchev–Trinajstić information content (AvgIpc) is 3.14. The summed E-state index contributed by atoms with van der Waals surface area (Å²) in [7, 11) is 1.75. The number of hydrogen-bond acceptors (Lipinski definition) is 3. The molecule has 4 nitrogen and oxygen atoms in total. The quantitative estimate of drug-likeness (QED) is 0.803. The van der Waals surface area contributed by atoms with Crippen molar-refractivity contribution < 1.29 is 13.9 Å². The average molecular weight is 342 g/mol. The molecule has 1 aromatic heterocycles. The summed E-state index contributed by atoms with van der Waals surface area (Å²) in [5.74, 6) is -0.311. The minimum Gasteiger partial charge on any atom is -0.378 e. The minimum atomic E-state index is -0.408. The van der Waals surface area contributed by atoms with Crippen LogP contribution in [0.25, 0.3) is 0 Å². The second kappa shape index (κ2) is 8.21. The highest BCUT2D eigenvalue weighted by Gasteiger charge is 2.26. The van der Waals surface area contributed by atoms with Crippen molar-refractivity contribution in [2.45, 2.75) is 37.8 Å². The molecule has 0 bridgehead atoms. The number of pyridine rings is 1. The van der Waals surface area contributed by atoms with Gasteiger partial charge in [-0.25, -0.2) is 4.39 Å². The molecule has 1 aliphatic heterocycles. The molecule has 0 spiro atoms. The van der Waals surface area contributed by atoms with Crippen LogP contribution in [0.4, 0.5) is 4.39 Å². The largest absolute Gasteiger partial charge is 0.378 e. The Morgan fingerprint density at radius 3 is 2.92 bits per heavy atom. The molecule has 0 saturated carbocycles. The summed E-state index contributed by atoms with van der Waals surface area (Å²) in [5, 5.41) is 0. The predicted octanol–water partition coefficient (Wildman–Crippen LogP) is 3.73. The van der Waals surface area contributed by atoms with Crippen molar-refractivity contribution >= 4 is 5.91 Å². The van der Waals surface area contributed by atoms with Gasteiger partial charge in [-0.15, -0.1) is 0 Å². The first-order valence-electron chi connectivity index (χ1n) is 8.69. The van der Waals surface area contributed by atoms with E-state index in [4.69, 9.17) is 4.74 Å². The van der Waals surface area contributed by atoms with E-state index in [1.165, 1.54) is 12.1 Å². The van der Waals surface area contributed by atoms with Gasteiger partial charge in [0.2, 0.25) is 5.91 Å². The number of nitrogens with zero attached hydrogens (tertiary/aromatic N) is 2. The number of hydrogen-bond donors (Lipinski definition) is 0. The van der Waals surface area contributed by atoms with Crippen molar-refractivity contribution in [3.63, 3.8) is 0 Å². The zero-order valence-electron chi connectivity index (χ0n) is 14.4. The Hall–Kier alpha value is -2.27.